The fraction of sp³-hybridized carbons (Fsp3) is 0.433. The summed E-state index contributed by atoms with van der Waals surface area (Å²) >= 11 is 0. The third-order valence-corrected chi connectivity index (χ3v) is 6.68. The summed E-state index contributed by atoms with van der Waals surface area (Å²) in [5.41, 5.74) is 2.93. The van der Waals surface area contributed by atoms with Crippen molar-refractivity contribution in [3.63, 3.8) is 0 Å². The van der Waals surface area contributed by atoms with Crippen molar-refractivity contribution in [1.82, 2.24) is 0 Å². The highest BCUT2D eigenvalue weighted by Gasteiger charge is 2.27. The van der Waals surface area contributed by atoms with Crippen LogP contribution in [0.4, 0.5) is 4.39 Å². The van der Waals surface area contributed by atoms with Crippen LogP contribution in [0.5, 0.6) is 11.5 Å². The maximum Gasteiger partial charge on any atom is 0.333 e. The maximum atomic E-state index is 14.6. The topological polar surface area (TPSA) is 74.2 Å². The van der Waals surface area contributed by atoms with Gasteiger partial charge in [-0.05, 0) is 85.9 Å². The molecule has 0 spiro atoms. The zero-order valence-electron chi connectivity index (χ0n) is 21.1. The van der Waals surface area contributed by atoms with Crippen LogP contribution in [0.3, 0.4) is 0 Å². The molecule has 0 bridgehead atoms. The standard InChI is InChI=1S/C30H35FO6/c1-20-17-25(36-29(20)32)7-3-5-15-34-24-12-9-22(10-13-24)23-11-14-28(27(31)19-23)35-16-6-4-8-26-18-21(2)30(33)37-26/h9-14,19,25-26,29,32H,1-8,15-18H2. The number of unbranched alkanes of at least 4 members (excludes halogenated alkanes) is 2. The number of benzene rings is 2. The van der Waals surface area contributed by atoms with Crippen LogP contribution in [-0.2, 0) is 14.3 Å². The van der Waals surface area contributed by atoms with Crippen molar-refractivity contribution in [2.45, 2.75) is 69.9 Å². The van der Waals surface area contributed by atoms with E-state index >= 15 is 0 Å². The van der Waals surface area contributed by atoms with E-state index in [1.54, 1.807) is 6.07 Å². The average molecular weight is 511 g/mol. The zero-order chi connectivity index (χ0) is 26.2. The van der Waals surface area contributed by atoms with E-state index in [2.05, 4.69) is 13.2 Å². The van der Waals surface area contributed by atoms with Gasteiger partial charge in [-0.25, -0.2) is 9.18 Å². The van der Waals surface area contributed by atoms with Crippen LogP contribution in [0.2, 0.25) is 0 Å². The van der Waals surface area contributed by atoms with Crippen LogP contribution >= 0.6 is 0 Å². The predicted octanol–water partition coefficient (Wildman–Crippen LogP) is 6.13. The van der Waals surface area contributed by atoms with E-state index in [0.29, 0.717) is 31.6 Å². The first-order valence-corrected chi connectivity index (χ1v) is 12.9. The molecule has 7 heteroatoms. The van der Waals surface area contributed by atoms with Crippen molar-refractivity contribution in [3.8, 4) is 22.6 Å². The summed E-state index contributed by atoms with van der Waals surface area (Å²) in [5.74, 6) is 0.288. The van der Waals surface area contributed by atoms with E-state index in [9.17, 15) is 14.3 Å². The van der Waals surface area contributed by atoms with Crippen LogP contribution in [0, 0.1) is 5.82 Å². The van der Waals surface area contributed by atoms with Gasteiger partial charge in [-0.15, -0.1) is 0 Å². The molecule has 2 aliphatic heterocycles. The molecule has 0 aliphatic carbocycles. The first-order valence-electron chi connectivity index (χ1n) is 12.9. The minimum atomic E-state index is -0.819. The van der Waals surface area contributed by atoms with E-state index in [-0.39, 0.29) is 23.9 Å². The zero-order valence-corrected chi connectivity index (χ0v) is 21.1. The highest BCUT2D eigenvalue weighted by molar-refractivity contribution is 5.89. The number of carbonyl (C=O) groups excluding carboxylic acids is 1. The highest BCUT2D eigenvalue weighted by Crippen LogP contribution is 2.29. The molecule has 4 rings (SSSR count). The molecule has 6 nitrogen and oxygen atoms in total. The second-order valence-corrected chi connectivity index (χ2v) is 9.67. The highest BCUT2D eigenvalue weighted by atomic mass is 19.1. The molecular weight excluding hydrogens is 475 g/mol. The summed E-state index contributed by atoms with van der Waals surface area (Å²) in [6.45, 7) is 8.48. The molecule has 2 saturated heterocycles. The Balaban J connectivity index is 1.14. The Kier molecular flexibility index (Phi) is 9.36. The van der Waals surface area contributed by atoms with Gasteiger partial charge < -0.3 is 24.1 Å². The number of carbonyl (C=O) groups is 1. The van der Waals surface area contributed by atoms with Crippen LogP contribution in [0.25, 0.3) is 11.1 Å². The van der Waals surface area contributed by atoms with E-state index in [0.717, 1.165) is 61.0 Å². The lowest BCUT2D eigenvalue weighted by atomic mass is 10.1. The number of esters is 1. The first kappa shape index (κ1) is 26.9. The summed E-state index contributed by atoms with van der Waals surface area (Å²) in [6.07, 6.45) is 5.47. The first-order chi connectivity index (χ1) is 17.9. The molecule has 0 amide bonds. The maximum absolute atomic E-state index is 14.6. The predicted molar refractivity (Wildman–Crippen MR) is 139 cm³/mol. The molecule has 2 aromatic rings. The number of hydrogen-bond donors (Lipinski definition) is 1. The number of rotatable bonds is 13. The van der Waals surface area contributed by atoms with Crippen molar-refractivity contribution in [2.24, 2.45) is 0 Å². The number of ether oxygens (including phenoxy) is 4. The van der Waals surface area contributed by atoms with Gasteiger partial charge in [0.15, 0.2) is 17.9 Å². The Morgan fingerprint density at radius 2 is 1.57 bits per heavy atom. The third-order valence-electron chi connectivity index (χ3n) is 6.68. The molecule has 2 fully saturated rings. The molecule has 1 N–H and O–H groups in total. The molecule has 37 heavy (non-hydrogen) atoms. The summed E-state index contributed by atoms with van der Waals surface area (Å²) in [6, 6.07) is 12.6. The fourth-order valence-electron chi connectivity index (χ4n) is 4.55. The van der Waals surface area contributed by atoms with Gasteiger partial charge in [0.2, 0.25) is 0 Å². The van der Waals surface area contributed by atoms with Gasteiger partial charge in [0.25, 0.3) is 0 Å². The molecule has 198 valence electrons. The van der Waals surface area contributed by atoms with Gasteiger partial charge in [-0.2, -0.15) is 0 Å². The monoisotopic (exact) mass is 510 g/mol. The molecule has 0 saturated carbocycles. The van der Waals surface area contributed by atoms with Gasteiger partial charge in [0.1, 0.15) is 11.9 Å². The summed E-state index contributed by atoms with van der Waals surface area (Å²) in [5, 5.41) is 9.56. The smallest absolute Gasteiger partial charge is 0.333 e. The van der Waals surface area contributed by atoms with Crippen molar-refractivity contribution >= 4 is 5.97 Å². The number of aliphatic hydroxyl groups excluding tert-OH is 1. The fourth-order valence-corrected chi connectivity index (χ4v) is 4.55. The summed E-state index contributed by atoms with van der Waals surface area (Å²) in [4.78, 5) is 11.4. The Hall–Kier alpha value is -3.16. The number of aliphatic hydroxyl groups is 1. The van der Waals surface area contributed by atoms with Crippen molar-refractivity contribution in [1.29, 1.82) is 0 Å². The molecule has 3 atom stereocenters. The van der Waals surface area contributed by atoms with Crippen molar-refractivity contribution in [3.05, 3.63) is 72.6 Å². The molecule has 2 aromatic carbocycles. The largest absolute Gasteiger partial charge is 0.494 e. The van der Waals surface area contributed by atoms with Crippen LogP contribution < -0.4 is 9.47 Å². The molecule has 3 unspecified atom stereocenters. The second kappa shape index (κ2) is 12.9. The van der Waals surface area contributed by atoms with Crippen molar-refractivity contribution in [2.75, 3.05) is 13.2 Å². The van der Waals surface area contributed by atoms with E-state index < -0.39 is 12.1 Å². The molecule has 2 aliphatic rings. The molecule has 2 heterocycles. The summed E-state index contributed by atoms with van der Waals surface area (Å²) in [7, 11) is 0. The van der Waals surface area contributed by atoms with Crippen molar-refractivity contribution < 1.29 is 33.2 Å². The van der Waals surface area contributed by atoms with Gasteiger partial charge in [0.05, 0.1) is 19.3 Å². The minimum Gasteiger partial charge on any atom is -0.494 e. The number of halogens is 1. The van der Waals surface area contributed by atoms with Gasteiger partial charge in [-0.1, -0.05) is 31.4 Å². The average Bonchev–Trinajstić information content (AvgIpc) is 3.38. The van der Waals surface area contributed by atoms with Gasteiger partial charge >= 0.3 is 5.97 Å². The second-order valence-electron chi connectivity index (χ2n) is 9.67. The Bertz CT molecular complexity index is 1080. The lowest BCUT2D eigenvalue weighted by Gasteiger charge is -2.11. The Morgan fingerprint density at radius 3 is 2.19 bits per heavy atom. The van der Waals surface area contributed by atoms with Crippen LogP contribution in [0.15, 0.2) is 66.8 Å². The van der Waals surface area contributed by atoms with E-state index in [1.807, 2.05) is 30.3 Å². The molecular formula is C30H35FO6. The third kappa shape index (κ3) is 7.66. The Morgan fingerprint density at radius 1 is 0.892 bits per heavy atom. The summed E-state index contributed by atoms with van der Waals surface area (Å²) < 4.78 is 36.7. The Labute approximate surface area is 217 Å². The molecule has 0 radical (unpaired) electrons. The van der Waals surface area contributed by atoms with Crippen LogP contribution in [-0.4, -0.2) is 42.8 Å². The lowest BCUT2D eigenvalue weighted by molar-refractivity contribution is -0.139. The quantitative estimate of drug-likeness (QED) is 0.151. The van der Waals surface area contributed by atoms with Gasteiger partial charge in [0, 0.05) is 12.0 Å². The lowest BCUT2D eigenvalue weighted by Crippen LogP contribution is -2.10. The number of hydrogen-bond acceptors (Lipinski definition) is 6. The van der Waals surface area contributed by atoms with E-state index in [1.165, 1.54) is 6.07 Å². The van der Waals surface area contributed by atoms with Crippen LogP contribution in [0.1, 0.15) is 51.4 Å². The molecule has 0 aromatic heterocycles. The SMILES string of the molecule is C=C1CC(CCCCOc2ccc(-c3ccc(OCCCCC4CC(=C)C(O)O4)cc3)cc2F)OC1=O. The normalized spacial score (nSPS) is 21.4. The minimum absolute atomic E-state index is 0.0462. The number of cyclic esters (lactones) is 1. The van der Waals surface area contributed by atoms with Gasteiger partial charge in [-0.3, -0.25) is 0 Å². The van der Waals surface area contributed by atoms with E-state index in [4.69, 9.17) is 18.9 Å².